The summed E-state index contributed by atoms with van der Waals surface area (Å²) in [7, 11) is 0. The lowest BCUT2D eigenvalue weighted by Crippen LogP contribution is -1.98. The third-order valence-electron chi connectivity index (χ3n) is 2.11. The summed E-state index contributed by atoms with van der Waals surface area (Å²) >= 11 is 3.46. The Labute approximate surface area is 97.4 Å². The summed E-state index contributed by atoms with van der Waals surface area (Å²) in [6, 6.07) is 8.17. The number of aliphatic hydroxyl groups excluding tert-OH is 1. The lowest BCUT2D eigenvalue weighted by Gasteiger charge is -2.04. The van der Waals surface area contributed by atoms with E-state index in [9.17, 15) is 0 Å². The van der Waals surface area contributed by atoms with E-state index < -0.39 is 0 Å². The highest BCUT2D eigenvalue weighted by Crippen LogP contribution is 2.32. The van der Waals surface area contributed by atoms with Crippen molar-refractivity contribution in [2.24, 2.45) is 0 Å². The van der Waals surface area contributed by atoms with Gasteiger partial charge >= 0.3 is 0 Å². The highest BCUT2D eigenvalue weighted by Gasteiger charge is 2.08. The Morgan fingerprint density at radius 1 is 1.47 bits per heavy atom. The highest BCUT2D eigenvalue weighted by atomic mass is 32.2. The van der Waals surface area contributed by atoms with Gasteiger partial charge in [-0.05, 0) is 18.6 Å². The van der Waals surface area contributed by atoms with Gasteiger partial charge in [0.1, 0.15) is 0 Å². The normalized spacial score (nSPS) is 13.2. The van der Waals surface area contributed by atoms with E-state index in [0.717, 1.165) is 16.3 Å². The average Bonchev–Trinajstić information content (AvgIpc) is 2.59. The van der Waals surface area contributed by atoms with Crippen LogP contribution in [0.15, 0.2) is 28.6 Å². The van der Waals surface area contributed by atoms with Gasteiger partial charge in [0.15, 0.2) is 4.34 Å². The van der Waals surface area contributed by atoms with E-state index in [0.29, 0.717) is 5.25 Å². The summed E-state index contributed by atoms with van der Waals surface area (Å²) in [6.07, 6.45) is 0.820. The van der Waals surface area contributed by atoms with E-state index >= 15 is 0 Å². The molecule has 2 nitrogen and oxygen atoms in total. The number of thioether (sulfide) groups is 1. The molecule has 0 saturated heterocycles. The van der Waals surface area contributed by atoms with Gasteiger partial charge in [-0.2, -0.15) is 0 Å². The molecular formula is C11H13NOS2. The number of thiazole rings is 1. The number of para-hydroxylation sites is 1. The average molecular weight is 239 g/mol. The Balaban J connectivity index is 2.15. The first-order valence-corrected chi connectivity index (χ1v) is 6.62. The Kier molecular flexibility index (Phi) is 3.61. The first-order chi connectivity index (χ1) is 7.29. The van der Waals surface area contributed by atoms with Gasteiger partial charge in [-0.15, -0.1) is 11.3 Å². The van der Waals surface area contributed by atoms with Crippen LogP contribution < -0.4 is 0 Å². The molecule has 1 aromatic carbocycles. The van der Waals surface area contributed by atoms with Crippen molar-refractivity contribution < 1.29 is 5.11 Å². The van der Waals surface area contributed by atoms with Gasteiger partial charge in [-0.1, -0.05) is 30.8 Å². The third-order valence-corrected chi connectivity index (χ3v) is 4.41. The number of hydrogen-bond acceptors (Lipinski definition) is 4. The predicted octanol–water partition coefficient (Wildman–Crippen LogP) is 3.16. The second-order valence-corrected chi connectivity index (χ2v) is 6.10. The van der Waals surface area contributed by atoms with Crippen molar-refractivity contribution in [2.75, 3.05) is 6.61 Å². The number of nitrogens with zero attached hydrogens (tertiary/aromatic N) is 1. The van der Waals surface area contributed by atoms with Crippen molar-refractivity contribution in [3.05, 3.63) is 24.3 Å². The molecule has 2 rings (SSSR count). The molecule has 1 N–H and O–H groups in total. The lowest BCUT2D eigenvalue weighted by molar-refractivity contribution is 0.289. The van der Waals surface area contributed by atoms with E-state index in [1.54, 1.807) is 23.1 Å². The van der Waals surface area contributed by atoms with Gasteiger partial charge in [0.25, 0.3) is 0 Å². The van der Waals surface area contributed by atoms with E-state index in [2.05, 4.69) is 18.0 Å². The maximum Gasteiger partial charge on any atom is 0.151 e. The van der Waals surface area contributed by atoms with Crippen LogP contribution in [0.4, 0.5) is 0 Å². The number of fused-ring (bicyclic) bond motifs is 1. The molecule has 1 heterocycles. The highest BCUT2D eigenvalue weighted by molar-refractivity contribution is 8.01. The number of hydrogen-bond donors (Lipinski definition) is 1. The van der Waals surface area contributed by atoms with Gasteiger partial charge in [0.05, 0.1) is 10.2 Å². The fourth-order valence-corrected chi connectivity index (χ4v) is 3.68. The lowest BCUT2D eigenvalue weighted by atomic mass is 10.3. The summed E-state index contributed by atoms with van der Waals surface area (Å²) in [5.41, 5.74) is 1.07. The topological polar surface area (TPSA) is 33.1 Å². The fourth-order valence-electron chi connectivity index (χ4n) is 1.31. The summed E-state index contributed by atoms with van der Waals surface area (Å²) in [5.74, 6) is 0. The number of aliphatic hydroxyl groups is 1. The minimum atomic E-state index is 0.249. The largest absolute Gasteiger partial charge is 0.396 e. The molecule has 0 saturated carbocycles. The molecule has 0 radical (unpaired) electrons. The first kappa shape index (κ1) is 10.9. The minimum absolute atomic E-state index is 0.249. The van der Waals surface area contributed by atoms with E-state index in [1.807, 2.05) is 18.2 Å². The van der Waals surface area contributed by atoms with E-state index in [-0.39, 0.29) is 6.61 Å². The van der Waals surface area contributed by atoms with Crippen LogP contribution in [0.25, 0.3) is 10.2 Å². The second-order valence-electron chi connectivity index (χ2n) is 3.39. The second kappa shape index (κ2) is 4.96. The molecule has 15 heavy (non-hydrogen) atoms. The van der Waals surface area contributed by atoms with Crippen molar-refractivity contribution in [2.45, 2.75) is 22.9 Å². The number of rotatable bonds is 4. The zero-order valence-corrected chi connectivity index (χ0v) is 10.1. The molecule has 0 bridgehead atoms. The van der Waals surface area contributed by atoms with Crippen molar-refractivity contribution in [1.29, 1.82) is 0 Å². The van der Waals surface area contributed by atoms with Gasteiger partial charge < -0.3 is 5.11 Å². The maximum absolute atomic E-state index is 8.82. The maximum atomic E-state index is 8.82. The molecule has 1 aromatic heterocycles. The fraction of sp³-hybridized carbons (Fsp3) is 0.364. The van der Waals surface area contributed by atoms with Gasteiger partial charge in [-0.3, -0.25) is 0 Å². The zero-order valence-electron chi connectivity index (χ0n) is 8.51. The molecule has 0 fully saturated rings. The van der Waals surface area contributed by atoms with Crippen molar-refractivity contribution in [3.63, 3.8) is 0 Å². The SMILES string of the molecule is CC(CCO)Sc1nc2ccccc2s1. The van der Waals surface area contributed by atoms with E-state index in [4.69, 9.17) is 5.11 Å². The van der Waals surface area contributed by atoms with Crippen LogP contribution in [0.2, 0.25) is 0 Å². The Morgan fingerprint density at radius 2 is 2.27 bits per heavy atom. The van der Waals surface area contributed by atoms with Crippen LogP contribution in [0, 0.1) is 0 Å². The molecule has 1 unspecified atom stereocenters. The molecule has 2 aromatic rings. The van der Waals surface area contributed by atoms with E-state index in [1.165, 1.54) is 4.70 Å². The van der Waals surface area contributed by atoms with Crippen LogP contribution in [0.3, 0.4) is 0 Å². The summed E-state index contributed by atoms with van der Waals surface area (Å²) < 4.78 is 2.33. The molecule has 0 aliphatic carbocycles. The summed E-state index contributed by atoms with van der Waals surface area (Å²) in [6.45, 7) is 2.37. The van der Waals surface area contributed by atoms with Crippen molar-refractivity contribution in [1.82, 2.24) is 4.98 Å². The zero-order chi connectivity index (χ0) is 10.7. The molecule has 4 heteroatoms. The van der Waals surface area contributed by atoms with Crippen LogP contribution in [-0.2, 0) is 0 Å². The number of benzene rings is 1. The van der Waals surface area contributed by atoms with Crippen LogP contribution in [0.1, 0.15) is 13.3 Å². The number of aromatic nitrogens is 1. The Morgan fingerprint density at radius 3 is 3.00 bits per heavy atom. The summed E-state index contributed by atoms with van der Waals surface area (Å²) in [4.78, 5) is 4.53. The first-order valence-electron chi connectivity index (χ1n) is 4.92. The van der Waals surface area contributed by atoms with Gasteiger partial charge in [-0.25, -0.2) is 4.98 Å². The molecular weight excluding hydrogens is 226 g/mol. The monoisotopic (exact) mass is 239 g/mol. The van der Waals surface area contributed by atoms with Gasteiger partial charge in [0, 0.05) is 11.9 Å². The van der Waals surface area contributed by atoms with Crippen molar-refractivity contribution in [3.8, 4) is 0 Å². The predicted molar refractivity (Wildman–Crippen MR) is 66.6 cm³/mol. The Bertz CT molecular complexity index is 408. The molecule has 0 spiro atoms. The molecule has 1 atom stereocenters. The standard InChI is InChI=1S/C11H13NOS2/c1-8(6-7-13)14-11-12-9-4-2-3-5-10(9)15-11/h2-5,8,13H,6-7H2,1H3. The summed E-state index contributed by atoms with van der Waals surface area (Å²) in [5, 5.41) is 9.25. The van der Waals surface area contributed by atoms with Gasteiger partial charge in [0.2, 0.25) is 0 Å². The molecule has 0 aliphatic rings. The molecule has 0 aliphatic heterocycles. The third kappa shape index (κ3) is 2.71. The molecule has 80 valence electrons. The minimum Gasteiger partial charge on any atom is -0.396 e. The van der Waals surface area contributed by atoms with Crippen molar-refractivity contribution >= 4 is 33.3 Å². The van der Waals surface area contributed by atoms with Crippen LogP contribution in [-0.4, -0.2) is 21.9 Å². The van der Waals surface area contributed by atoms with Crippen LogP contribution in [0.5, 0.6) is 0 Å². The quantitative estimate of drug-likeness (QED) is 0.832. The van der Waals surface area contributed by atoms with Crippen LogP contribution >= 0.6 is 23.1 Å². The Hall–Kier alpha value is -0.580. The molecule has 0 amide bonds. The smallest absolute Gasteiger partial charge is 0.151 e.